The summed E-state index contributed by atoms with van der Waals surface area (Å²) in [4.78, 5) is 175. The Balaban J connectivity index is 0.000000385. The van der Waals surface area contributed by atoms with E-state index < -0.39 is 91.5 Å². The van der Waals surface area contributed by atoms with Gasteiger partial charge in [0.25, 0.3) is 24.2 Å². The van der Waals surface area contributed by atoms with Crippen molar-refractivity contribution in [1.82, 2.24) is 30.7 Å². The minimum absolute atomic E-state index is 0. The number of fused-ring (bicyclic) bond motifs is 6. The molecule has 7 aliphatic rings. The van der Waals surface area contributed by atoms with Gasteiger partial charge in [-0.3, -0.25) is 47.7 Å². The van der Waals surface area contributed by atoms with Crippen LogP contribution in [0.2, 0.25) is 0 Å². The Bertz CT molecular complexity index is 4480. The van der Waals surface area contributed by atoms with Gasteiger partial charge < -0.3 is 67.5 Å². The molecule has 31 nitrogen and oxygen atoms in total. The molecule has 0 unspecified atom stereocenters. The van der Waals surface area contributed by atoms with E-state index in [1.165, 1.54) is 21.1 Å². The van der Waals surface area contributed by atoms with Crippen LogP contribution in [0.4, 0.5) is 50.2 Å². The molecule has 4 heterocycles. The van der Waals surface area contributed by atoms with Crippen LogP contribution in [0.3, 0.4) is 0 Å². The second-order valence-electron chi connectivity index (χ2n) is 23.3. The number of carbonyl (C=O) groups excluding carboxylic acids is 13. The zero-order chi connectivity index (χ0) is 76.9. The topological polar surface area (TPSA) is 423 Å². The summed E-state index contributed by atoms with van der Waals surface area (Å²) < 4.78 is 36.9. The predicted molar refractivity (Wildman–Crippen MR) is 387 cm³/mol. The summed E-state index contributed by atoms with van der Waals surface area (Å²) in [6.07, 6.45) is 2.15. The minimum atomic E-state index is -1.52. The van der Waals surface area contributed by atoms with E-state index >= 15 is 0 Å². The summed E-state index contributed by atoms with van der Waals surface area (Å²) in [5, 5.41) is 33.0. The normalized spacial score (nSPS) is 17.9. The number of aliphatic carboxylic acids is 1. The standard InChI is InChI=1S/C24H22N4O4.C23H21N3O7.C15H15N3O6.C8H7BrO.CH3F.CH2O3.2CH4.2Na.H/c1-25-22(30)27-18-7-8-20-16(11-18)9-10-24(20)21(29)28(23(31)32-24)14-19-12-17(13-26-19)15-5-3-2-4-6-15;1-24-21(30)25-16-7-8-17-15(11-16)9-10-23(17)20(29)26(22(31)33-23)12-19(28)32-13-18(27)14-5-3-2-4-6-14;1-16-13(22)17-9-2-3-10-8(6-9)4-5-15(10)12(21)18(7-11(19)20)14(23)24-15;9-6-8(10)7-4-2-1-3-5-7;1-2;2-1-4-3;;;;;/h2-8,11,13H,9-10,12,14H2,1H3,(H2,25,27,30);2-8,11H,9-10,12-13H2,1H3,(H2,24,25,30);2-3,6H,4-5,7H2,1H3,(H,19,20)(H2,16,17,22);1-5H,6H2;1H3;1,3H;2*1H4;;;/q;;;;;;;;2*+1;-1/p-1/t24-;23-;15-;;;;;;;;/m111......../s1/i;;;;1D;;;;;;. The summed E-state index contributed by atoms with van der Waals surface area (Å²) in [7, 11) is 3.52. The van der Waals surface area contributed by atoms with E-state index in [1.807, 2.05) is 66.7 Å². The van der Waals surface area contributed by atoms with Gasteiger partial charge in [-0.05, 0) is 83.5 Å². The van der Waals surface area contributed by atoms with Crippen molar-refractivity contribution in [3.8, 4) is 0 Å². The molecule has 6 aromatic rings. The molecule has 3 aliphatic carbocycles. The van der Waals surface area contributed by atoms with Crippen LogP contribution >= 0.6 is 15.9 Å². The number of ether oxygens (including phenoxy) is 4. The maximum atomic E-state index is 13.4. The zero-order valence-electron chi connectivity index (χ0n) is 60.4. The Morgan fingerprint density at radius 2 is 0.954 bits per heavy atom. The van der Waals surface area contributed by atoms with Gasteiger partial charge in [-0.15, -0.1) is 0 Å². The molecule has 566 valence electrons. The van der Waals surface area contributed by atoms with Gasteiger partial charge in [0.05, 0.1) is 20.4 Å². The molecule has 0 saturated carbocycles. The van der Waals surface area contributed by atoms with Crippen molar-refractivity contribution < 1.29 is 168 Å². The number of carboxylic acid groups (broad SMARTS) is 1. The van der Waals surface area contributed by atoms with Crippen LogP contribution in [0.1, 0.15) is 103 Å². The number of aliphatic imine (C=N–C) groups is 1. The fourth-order valence-electron chi connectivity index (χ4n) is 12.2. The van der Waals surface area contributed by atoms with Crippen LogP contribution in [0.5, 0.6) is 0 Å². The number of nitrogens with one attached hydrogen (secondary N) is 6. The van der Waals surface area contributed by atoms with Crippen molar-refractivity contribution in [2.45, 2.75) is 76.6 Å². The van der Waals surface area contributed by atoms with E-state index in [9.17, 15) is 66.7 Å². The Hall–Kier alpha value is -10.5. The predicted octanol–water partition coefficient (Wildman–Crippen LogP) is 2.75. The molecule has 35 heteroatoms. The van der Waals surface area contributed by atoms with Crippen LogP contribution in [0.25, 0.3) is 5.57 Å². The first-order valence-electron chi connectivity index (χ1n) is 32.6. The van der Waals surface area contributed by atoms with E-state index in [4.69, 9.17) is 35.5 Å². The molecule has 6 aromatic carbocycles. The largest absolute Gasteiger partial charge is 1.00 e. The van der Waals surface area contributed by atoms with Gasteiger partial charge >= 0.3 is 107 Å². The van der Waals surface area contributed by atoms with Crippen LogP contribution < -0.4 is 96.3 Å². The summed E-state index contributed by atoms with van der Waals surface area (Å²) in [6, 6.07) is 41.5. The molecule has 109 heavy (non-hydrogen) atoms. The molecular formula is C74H78BrFN10Na2O21. The molecule has 3 atom stereocenters. The molecule has 3 fully saturated rings. The Kier molecular flexibility index (Phi) is 34.1. The molecule has 3 spiro atoms. The number of allylic oxidation sites excluding steroid dienone is 1. The SMILES string of the molecule is C.C.CNC(=O)Nc1ccc2c(c1)CC[C@@]21OC(=O)N(CC(=O)O)C1=O.CNC(=O)Nc1ccc2c(c1)CC[C@@]21OC(=O)N(CC(=O)OCC(=O)c2ccccc2)C1=O.CNC(=O)Nc1ccc2c(c1)CC[C@@]21OC(=O)N(CC2=NC=C(c3ccccc3)C2)C1=O.O=C(CBr)c1ccccc1.O=CO[O-].[2H]CF.[H-].[Na+].[Na+]. The number of alkyl halides is 2. The van der Waals surface area contributed by atoms with Crippen LogP contribution in [0.15, 0.2) is 157 Å². The second-order valence-corrected chi connectivity index (χ2v) is 23.9. The van der Waals surface area contributed by atoms with E-state index in [2.05, 4.69) is 57.7 Å². The number of nitrogens with zero attached hydrogens (tertiary/aromatic N) is 4. The molecule has 7 N–H and O–H groups in total. The number of carbonyl (C=O) groups is 14. The number of urea groups is 3. The number of ketones is 2. The number of rotatable bonds is 16. The van der Waals surface area contributed by atoms with Crippen molar-refractivity contribution in [2.75, 3.05) is 75.8 Å². The fraction of sp³-hybridized carbons (Fsp3) is 0.284. The smallest absolute Gasteiger partial charge is 1.00 e. The number of hydrogen-bond donors (Lipinski definition) is 7. The number of anilines is 3. The third kappa shape index (κ3) is 21.3. The van der Waals surface area contributed by atoms with Gasteiger partial charge in [0.2, 0.25) is 16.8 Å². The molecule has 4 aliphatic heterocycles. The van der Waals surface area contributed by atoms with Crippen molar-refractivity contribution >= 4 is 128 Å². The Morgan fingerprint density at radius 3 is 1.32 bits per heavy atom. The number of benzene rings is 6. The first-order valence-corrected chi connectivity index (χ1v) is 33.0. The molecule has 3 saturated heterocycles. The van der Waals surface area contributed by atoms with Crippen LogP contribution in [-0.2, 0) is 88.7 Å². The molecular weight excluding hydrogens is 1510 g/mol. The Morgan fingerprint density at radius 1 is 0.596 bits per heavy atom. The maximum Gasteiger partial charge on any atom is 1.00 e. The molecule has 0 aromatic heterocycles. The number of carboxylic acids is 1. The number of esters is 1. The van der Waals surface area contributed by atoms with E-state index in [1.54, 1.807) is 85.1 Å². The average Bonchev–Trinajstić information content (AvgIpc) is 1.59. The quantitative estimate of drug-likeness (QED) is 0.0107. The third-order valence-corrected chi connectivity index (χ3v) is 17.6. The van der Waals surface area contributed by atoms with E-state index in [0.717, 1.165) is 44.0 Å². The van der Waals surface area contributed by atoms with E-state index in [-0.39, 0.29) is 131 Å². The first kappa shape index (κ1) is 89.1. The van der Waals surface area contributed by atoms with Crippen molar-refractivity contribution in [3.05, 3.63) is 202 Å². The van der Waals surface area contributed by atoms with Crippen LogP contribution in [0, 0.1) is 0 Å². The zero-order valence-corrected chi connectivity index (χ0v) is 63.9. The number of imide groups is 3. The van der Waals surface area contributed by atoms with Crippen molar-refractivity contribution in [2.24, 2.45) is 4.99 Å². The van der Waals surface area contributed by atoms with Gasteiger partial charge in [-0.25, -0.2) is 43.5 Å². The van der Waals surface area contributed by atoms with Gasteiger partial charge in [0.1, 0.15) is 13.1 Å². The fourth-order valence-corrected chi connectivity index (χ4v) is 12.6. The maximum absolute atomic E-state index is 13.4. The monoisotopic (exact) mass is 1590 g/mol. The summed E-state index contributed by atoms with van der Waals surface area (Å²) in [6.45, 7) is -1.97. The van der Waals surface area contributed by atoms with E-state index in [0.29, 0.717) is 86.5 Å². The van der Waals surface area contributed by atoms with Crippen molar-refractivity contribution in [3.63, 3.8) is 0 Å². The number of aryl methyl sites for hydroxylation is 3. The Labute approximate surface area is 680 Å². The molecule has 13 rings (SSSR count). The number of amides is 12. The average molecular weight is 1590 g/mol. The van der Waals surface area contributed by atoms with Gasteiger partial charge in [0, 0.05) is 104 Å². The summed E-state index contributed by atoms with van der Waals surface area (Å²) >= 11 is 3.10. The number of Topliss-reactive ketones (excluding diaryl/α,β-unsaturated/α-hetero) is 2. The van der Waals surface area contributed by atoms with Crippen LogP contribution in [-0.4, -0.2) is 169 Å². The summed E-state index contributed by atoms with van der Waals surface area (Å²) in [5.74, 6) is -4.15. The summed E-state index contributed by atoms with van der Waals surface area (Å²) in [5.41, 5.74) is 5.55. The van der Waals surface area contributed by atoms with Gasteiger partial charge in [0.15, 0.2) is 18.2 Å². The van der Waals surface area contributed by atoms with Crippen molar-refractivity contribution in [1.29, 1.82) is 0 Å². The number of hydrogen-bond acceptors (Lipinski definition) is 21. The third-order valence-electron chi connectivity index (χ3n) is 17.1. The number of halogens is 2. The first-order chi connectivity index (χ1) is 50.9. The van der Waals surface area contributed by atoms with Gasteiger partial charge in [-0.2, -0.15) is 0 Å². The minimum Gasteiger partial charge on any atom is -1.00 e. The molecule has 0 bridgehead atoms. The van der Waals surface area contributed by atoms with Gasteiger partial charge in [-0.1, -0.05) is 140 Å². The second kappa shape index (κ2) is 41.7. The molecule has 0 radical (unpaired) electrons. The molecule has 12 amide bonds.